The zero-order valence-corrected chi connectivity index (χ0v) is 14.0. The minimum atomic E-state index is 0.0994. The van der Waals surface area contributed by atoms with E-state index in [1.807, 2.05) is 0 Å². The van der Waals surface area contributed by atoms with Crippen molar-refractivity contribution in [2.45, 2.75) is 19.9 Å². The van der Waals surface area contributed by atoms with Crippen molar-refractivity contribution in [2.24, 2.45) is 0 Å². The van der Waals surface area contributed by atoms with Crippen molar-refractivity contribution >= 4 is 33.1 Å². The van der Waals surface area contributed by atoms with Crippen LogP contribution in [-0.2, 0) is 13.0 Å². The number of hydrogen-bond donors (Lipinski definition) is 1. The molecule has 0 aromatic carbocycles. The highest BCUT2D eigenvalue weighted by Gasteiger charge is 2.26. The van der Waals surface area contributed by atoms with Gasteiger partial charge in [0.2, 0.25) is 0 Å². The lowest BCUT2D eigenvalue weighted by atomic mass is 10.1. The van der Waals surface area contributed by atoms with Gasteiger partial charge in [-0.3, -0.25) is 0 Å². The number of nitrogens with zero attached hydrogens (tertiary/aromatic N) is 7. The van der Waals surface area contributed by atoms with Crippen LogP contribution in [0.1, 0.15) is 17.4 Å². The third-order valence-corrected chi connectivity index (χ3v) is 5.55. The monoisotopic (exact) mass is 333 g/mol. The molecule has 3 aromatic heterocycles. The summed E-state index contributed by atoms with van der Waals surface area (Å²) in [5.74, 6) is 1.40. The molecule has 1 aliphatic heterocycles. The van der Waals surface area contributed by atoms with E-state index in [0.29, 0.717) is 12.3 Å². The normalized spacial score (nSPS) is 15.4. The number of likely N-dealkylation sites (N-methyl/N-ethyl adjacent to an activating group) is 2. The van der Waals surface area contributed by atoms with E-state index in [4.69, 9.17) is 0 Å². The molecular weight excluding hydrogens is 314 g/mol. The quantitative estimate of drug-likeness (QED) is 0.746. The van der Waals surface area contributed by atoms with Crippen LogP contribution in [0.25, 0.3) is 16.0 Å². The van der Waals surface area contributed by atoms with E-state index in [1.54, 1.807) is 15.9 Å². The second kappa shape index (κ2) is 5.66. The van der Waals surface area contributed by atoms with Gasteiger partial charge in [0.15, 0.2) is 0 Å². The molecule has 0 spiro atoms. The van der Waals surface area contributed by atoms with Gasteiger partial charge in [0.25, 0.3) is 5.78 Å². The molecule has 1 N–H and O–H groups in total. The van der Waals surface area contributed by atoms with E-state index in [2.05, 4.69) is 44.3 Å². The molecule has 122 valence electrons. The van der Waals surface area contributed by atoms with E-state index in [1.165, 1.54) is 10.4 Å². The van der Waals surface area contributed by atoms with Crippen LogP contribution in [-0.4, -0.2) is 68.3 Å². The summed E-state index contributed by atoms with van der Waals surface area (Å²) in [6, 6.07) is 0. The van der Waals surface area contributed by atoms with Gasteiger partial charge >= 0.3 is 0 Å². The number of tetrazole rings is 1. The lowest BCUT2D eigenvalue weighted by Gasteiger charge is -2.24. The Morgan fingerprint density at radius 1 is 1.39 bits per heavy atom. The predicted molar refractivity (Wildman–Crippen MR) is 89.0 cm³/mol. The molecule has 0 bridgehead atoms. The van der Waals surface area contributed by atoms with Crippen molar-refractivity contribution in [1.82, 2.24) is 29.9 Å². The van der Waals surface area contributed by atoms with Gasteiger partial charge < -0.3 is 14.9 Å². The Hall–Kier alpha value is -1.84. The zero-order valence-electron chi connectivity index (χ0n) is 13.2. The first-order valence-electron chi connectivity index (χ1n) is 7.79. The van der Waals surface area contributed by atoms with Crippen LogP contribution in [0.3, 0.4) is 0 Å². The second-order valence-corrected chi connectivity index (χ2v) is 6.88. The van der Waals surface area contributed by atoms with E-state index in [-0.39, 0.29) is 6.61 Å². The zero-order chi connectivity index (χ0) is 16.0. The van der Waals surface area contributed by atoms with Crippen LogP contribution in [0.2, 0.25) is 0 Å². The van der Waals surface area contributed by atoms with E-state index < -0.39 is 0 Å². The standard InChI is InChI=1S/C14H19N7OS/c1-3-20(6-7-22)12-11-9-4-5-19(2)8-10(9)23-13(11)21-14(15-12)16-17-18-21/h22H,3-8H2,1-2H3. The molecule has 0 saturated heterocycles. The SMILES string of the molecule is CCN(CCO)c1nc2nnnn2c2sc3c(c12)CCN(C)C3. The first kappa shape index (κ1) is 14.7. The van der Waals surface area contributed by atoms with Crippen molar-refractivity contribution in [1.29, 1.82) is 0 Å². The van der Waals surface area contributed by atoms with Gasteiger partial charge in [-0.1, -0.05) is 5.10 Å². The molecule has 9 heteroatoms. The average molecular weight is 333 g/mol. The maximum atomic E-state index is 9.38. The van der Waals surface area contributed by atoms with Gasteiger partial charge in [-0.25, -0.2) is 0 Å². The highest BCUT2D eigenvalue weighted by atomic mass is 32.1. The summed E-state index contributed by atoms with van der Waals surface area (Å²) in [5, 5.41) is 22.4. The minimum Gasteiger partial charge on any atom is -0.395 e. The first-order valence-corrected chi connectivity index (χ1v) is 8.61. The lowest BCUT2D eigenvalue weighted by Crippen LogP contribution is -2.28. The molecule has 23 heavy (non-hydrogen) atoms. The molecule has 4 rings (SSSR count). The van der Waals surface area contributed by atoms with Crippen molar-refractivity contribution in [3.63, 3.8) is 0 Å². The molecular formula is C14H19N7OS. The number of thiophene rings is 1. The summed E-state index contributed by atoms with van der Waals surface area (Å²) >= 11 is 1.75. The summed E-state index contributed by atoms with van der Waals surface area (Å²) in [6.45, 7) is 5.50. The number of anilines is 1. The fourth-order valence-electron chi connectivity index (χ4n) is 3.19. The lowest BCUT2D eigenvalue weighted by molar-refractivity contribution is 0.302. The number of aliphatic hydroxyl groups is 1. The molecule has 8 nitrogen and oxygen atoms in total. The molecule has 0 atom stereocenters. The predicted octanol–water partition coefficient (Wildman–Crippen LogP) is 0.540. The van der Waals surface area contributed by atoms with Gasteiger partial charge in [-0.2, -0.15) is 9.50 Å². The Bertz CT molecular complexity index is 858. The Labute approximate surface area is 137 Å². The van der Waals surface area contributed by atoms with Crippen molar-refractivity contribution in [2.75, 3.05) is 38.2 Å². The summed E-state index contributed by atoms with van der Waals surface area (Å²) in [5.41, 5.74) is 1.36. The molecule has 4 heterocycles. The molecule has 0 fully saturated rings. The number of aliphatic hydroxyl groups excluding tert-OH is 1. The van der Waals surface area contributed by atoms with E-state index >= 15 is 0 Å². The van der Waals surface area contributed by atoms with Gasteiger partial charge in [0.05, 0.1) is 12.0 Å². The summed E-state index contributed by atoms with van der Waals surface area (Å²) < 4.78 is 1.73. The molecule has 0 unspecified atom stereocenters. The maximum absolute atomic E-state index is 9.38. The van der Waals surface area contributed by atoms with E-state index in [9.17, 15) is 5.11 Å². The average Bonchev–Trinajstić information content (AvgIpc) is 3.14. The van der Waals surface area contributed by atoms with Crippen LogP contribution in [0.15, 0.2) is 0 Å². The summed E-state index contributed by atoms with van der Waals surface area (Å²) in [6.07, 6.45) is 1.00. The Balaban J connectivity index is 2.02. The molecule has 0 saturated carbocycles. The minimum absolute atomic E-state index is 0.0994. The molecule has 0 amide bonds. The van der Waals surface area contributed by atoms with Gasteiger partial charge in [0.1, 0.15) is 10.6 Å². The van der Waals surface area contributed by atoms with Gasteiger partial charge in [0, 0.05) is 31.1 Å². The van der Waals surface area contributed by atoms with Crippen LogP contribution in [0.4, 0.5) is 5.82 Å². The fourth-order valence-corrected chi connectivity index (χ4v) is 4.56. The van der Waals surface area contributed by atoms with Crippen LogP contribution < -0.4 is 4.90 Å². The second-order valence-electron chi connectivity index (χ2n) is 5.80. The van der Waals surface area contributed by atoms with Gasteiger partial charge in [-0.15, -0.1) is 11.3 Å². The third-order valence-electron chi connectivity index (χ3n) is 4.36. The van der Waals surface area contributed by atoms with Crippen LogP contribution in [0, 0.1) is 0 Å². The van der Waals surface area contributed by atoms with Crippen molar-refractivity contribution < 1.29 is 5.11 Å². The van der Waals surface area contributed by atoms with Crippen LogP contribution >= 0.6 is 11.3 Å². The highest BCUT2D eigenvalue weighted by molar-refractivity contribution is 7.19. The molecule has 0 aliphatic carbocycles. The molecule has 1 aliphatic rings. The summed E-state index contributed by atoms with van der Waals surface area (Å²) in [7, 11) is 2.14. The Morgan fingerprint density at radius 2 is 2.26 bits per heavy atom. The topological polar surface area (TPSA) is 82.7 Å². The van der Waals surface area contributed by atoms with Crippen molar-refractivity contribution in [3.05, 3.63) is 10.4 Å². The summed E-state index contributed by atoms with van der Waals surface area (Å²) in [4.78, 5) is 11.5. The maximum Gasteiger partial charge on any atom is 0.276 e. The third kappa shape index (κ3) is 2.27. The Kier molecular flexibility index (Phi) is 3.63. The number of rotatable bonds is 4. The number of aromatic nitrogens is 5. The first-order chi connectivity index (χ1) is 11.2. The number of hydrogen-bond acceptors (Lipinski definition) is 8. The molecule has 0 radical (unpaired) electrons. The molecule has 3 aromatic rings. The fraction of sp³-hybridized carbons (Fsp3) is 0.571. The number of fused-ring (bicyclic) bond motifs is 5. The highest BCUT2D eigenvalue weighted by Crippen LogP contribution is 2.39. The van der Waals surface area contributed by atoms with E-state index in [0.717, 1.165) is 42.1 Å². The van der Waals surface area contributed by atoms with Gasteiger partial charge in [-0.05, 0) is 36.4 Å². The van der Waals surface area contributed by atoms with Crippen LogP contribution in [0.5, 0.6) is 0 Å². The smallest absolute Gasteiger partial charge is 0.276 e. The largest absolute Gasteiger partial charge is 0.395 e. The van der Waals surface area contributed by atoms with Crippen molar-refractivity contribution in [3.8, 4) is 0 Å². The Morgan fingerprint density at radius 3 is 3.04 bits per heavy atom.